The molecule has 132 valence electrons. The molecule has 1 saturated heterocycles. The van der Waals surface area contributed by atoms with Crippen LogP contribution in [-0.4, -0.2) is 44.1 Å². The number of aromatic amines is 1. The number of nitrogens with zero attached hydrogens (tertiary/aromatic N) is 4. The number of carbonyl (C=O) groups excluding carboxylic acids is 1. The van der Waals surface area contributed by atoms with E-state index in [1.807, 2.05) is 35.4 Å². The van der Waals surface area contributed by atoms with E-state index in [2.05, 4.69) is 26.2 Å². The monoisotopic (exact) mass is 347 g/mol. The van der Waals surface area contributed by atoms with Crippen LogP contribution in [0.1, 0.15) is 28.9 Å². The van der Waals surface area contributed by atoms with Crippen molar-refractivity contribution in [3.8, 4) is 11.3 Å². The maximum absolute atomic E-state index is 12.9. The highest BCUT2D eigenvalue weighted by Crippen LogP contribution is 2.23. The Balaban J connectivity index is 1.44. The molecule has 1 amide bonds. The van der Waals surface area contributed by atoms with Gasteiger partial charge in [-0.3, -0.25) is 19.9 Å². The maximum Gasteiger partial charge on any atom is 0.271 e. The van der Waals surface area contributed by atoms with Crippen LogP contribution in [0.2, 0.25) is 0 Å². The Bertz CT molecular complexity index is 862. The van der Waals surface area contributed by atoms with Gasteiger partial charge in [0, 0.05) is 43.4 Å². The summed E-state index contributed by atoms with van der Waals surface area (Å²) >= 11 is 0. The van der Waals surface area contributed by atoms with E-state index in [4.69, 9.17) is 0 Å². The Kier molecular flexibility index (Phi) is 4.73. The highest BCUT2D eigenvalue weighted by Gasteiger charge is 2.26. The lowest BCUT2D eigenvalue weighted by atomic mass is 9.92. The van der Waals surface area contributed by atoms with Gasteiger partial charge in [-0.25, -0.2) is 0 Å². The predicted octanol–water partition coefficient (Wildman–Crippen LogP) is 2.96. The summed E-state index contributed by atoms with van der Waals surface area (Å²) in [7, 11) is 0. The van der Waals surface area contributed by atoms with Crippen LogP contribution in [-0.2, 0) is 6.42 Å². The molecule has 0 saturated carbocycles. The molecule has 26 heavy (non-hydrogen) atoms. The van der Waals surface area contributed by atoms with Crippen LogP contribution < -0.4 is 0 Å². The first kappa shape index (κ1) is 16.4. The van der Waals surface area contributed by atoms with Gasteiger partial charge in [0.05, 0.1) is 5.69 Å². The van der Waals surface area contributed by atoms with Crippen LogP contribution in [0.25, 0.3) is 11.3 Å². The van der Waals surface area contributed by atoms with Gasteiger partial charge < -0.3 is 4.90 Å². The van der Waals surface area contributed by atoms with Crippen molar-refractivity contribution in [1.29, 1.82) is 0 Å². The van der Waals surface area contributed by atoms with E-state index in [1.54, 1.807) is 18.6 Å². The standard InChI is InChI=1S/C20H21N5O/c26-20(19-11-18(23-24-19)17-6-2-8-22-13-17)25-9-3-5-16(14-25)10-15-4-1-7-21-12-15/h1-2,4,6-8,11-13,16H,3,5,9-10,14H2,(H,23,24). The Hall–Kier alpha value is -3.02. The third kappa shape index (κ3) is 3.64. The van der Waals surface area contributed by atoms with Crippen LogP contribution in [0.3, 0.4) is 0 Å². The van der Waals surface area contributed by atoms with Crippen LogP contribution in [0.15, 0.2) is 55.1 Å². The third-order valence-corrected chi connectivity index (χ3v) is 4.82. The van der Waals surface area contributed by atoms with Crippen molar-refractivity contribution in [3.05, 3.63) is 66.4 Å². The van der Waals surface area contributed by atoms with Gasteiger partial charge in [-0.2, -0.15) is 5.10 Å². The fraction of sp³-hybridized carbons (Fsp3) is 0.300. The molecule has 4 heterocycles. The van der Waals surface area contributed by atoms with E-state index >= 15 is 0 Å². The summed E-state index contributed by atoms with van der Waals surface area (Å²) in [6.07, 6.45) is 10.3. The first-order chi connectivity index (χ1) is 12.8. The van der Waals surface area contributed by atoms with Crippen molar-refractivity contribution in [3.63, 3.8) is 0 Å². The second-order valence-electron chi connectivity index (χ2n) is 6.73. The molecule has 0 spiro atoms. The van der Waals surface area contributed by atoms with Gasteiger partial charge in [0.1, 0.15) is 5.69 Å². The number of carbonyl (C=O) groups is 1. The van der Waals surface area contributed by atoms with Crippen molar-refractivity contribution in [2.45, 2.75) is 19.3 Å². The molecule has 1 aliphatic heterocycles. The highest BCUT2D eigenvalue weighted by atomic mass is 16.2. The number of hydrogen-bond acceptors (Lipinski definition) is 4. The summed E-state index contributed by atoms with van der Waals surface area (Å²) in [5, 5.41) is 7.16. The van der Waals surface area contributed by atoms with Crippen molar-refractivity contribution < 1.29 is 4.79 Å². The minimum Gasteiger partial charge on any atom is -0.337 e. The molecule has 6 heteroatoms. The predicted molar refractivity (Wildman–Crippen MR) is 98.4 cm³/mol. The first-order valence-electron chi connectivity index (χ1n) is 8.93. The minimum absolute atomic E-state index is 0.0172. The van der Waals surface area contributed by atoms with Gasteiger partial charge in [0.2, 0.25) is 0 Å². The molecular weight excluding hydrogens is 326 g/mol. The number of aromatic nitrogens is 4. The number of rotatable bonds is 4. The van der Waals surface area contributed by atoms with Crippen molar-refractivity contribution in [1.82, 2.24) is 25.1 Å². The van der Waals surface area contributed by atoms with E-state index in [-0.39, 0.29) is 5.91 Å². The lowest BCUT2D eigenvalue weighted by Gasteiger charge is -2.32. The fourth-order valence-corrected chi connectivity index (χ4v) is 3.53. The largest absolute Gasteiger partial charge is 0.337 e. The zero-order valence-electron chi connectivity index (χ0n) is 14.5. The molecular formula is C20H21N5O. The highest BCUT2D eigenvalue weighted by molar-refractivity contribution is 5.93. The van der Waals surface area contributed by atoms with Crippen LogP contribution >= 0.6 is 0 Å². The van der Waals surface area contributed by atoms with E-state index in [0.717, 1.165) is 43.6 Å². The lowest BCUT2D eigenvalue weighted by Crippen LogP contribution is -2.40. The number of likely N-dealkylation sites (tertiary alicyclic amines) is 1. The molecule has 1 atom stereocenters. The number of pyridine rings is 2. The van der Waals surface area contributed by atoms with Gasteiger partial charge in [-0.05, 0) is 55.0 Å². The van der Waals surface area contributed by atoms with E-state index in [0.29, 0.717) is 11.6 Å². The third-order valence-electron chi connectivity index (χ3n) is 4.82. The maximum atomic E-state index is 12.9. The van der Waals surface area contributed by atoms with Gasteiger partial charge in [0.25, 0.3) is 5.91 Å². The van der Waals surface area contributed by atoms with Crippen molar-refractivity contribution in [2.24, 2.45) is 5.92 Å². The molecule has 0 radical (unpaired) electrons. The van der Waals surface area contributed by atoms with E-state index in [9.17, 15) is 4.79 Å². The lowest BCUT2D eigenvalue weighted by molar-refractivity contribution is 0.0667. The summed E-state index contributed by atoms with van der Waals surface area (Å²) in [5.74, 6) is 0.487. The van der Waals surface area contributed by atoms with Gasteiger partial charge in [0.15, 0.2) is 0 Å². The van der Waals surface area contributed by atoms with Crippen LogP contribution in [0.4, 0.5) is 0 Å². The Morgan fingerprint density at radius 3 is 2.81 bits per heavy atom. The molecule has 0 aromatic carbocycles. The topological polar surface area (TPSA) is 74.8 Å². The molecule has 0 bridgehead atoms. The Morgan fingerprint density at radius 2 is 2.04 bits per heavy atom. The number of nitrogens with one attached hydrogen (secondary N) is 1. The number of hydrogen-bond donors (Lipinski definition) is 1. The summed E-state index contributed by atoms with van der Waals surface area (Å²) in [5.41, 5.74) is 3.40. The fourth-order valence-electron chi connectivity index (χ4n) is 3.53. The number of piperidine rings is 1. The quantitative estimate of drug-likeness (QED) is 0.787. The average Bonchev–Trinajstić information content (AvgIpc) is 3.19. The molecule has 1 aliphatic rings. The zero-order valence-corrected chi connectivity index (χ0v) is 14.5. The van der Waals surface area contributed by atoms with Gasteiger partial charge in [-0.1, -0.05) is 6.07 Å². The zero-order chi connectivity index (χ0) is 17.8. The normalized spacial score (nSPS) is 17.2. The molecule has 4 rings (SSSR count). The molecule has 1 unspecified atom stereocenters. The van der Waals surface area contributed by atoms with E-state index in [1.165, 1.54) is 5.56 Å². The SMILES string of the molecule is O=C(c1cc(-c2cccnc2)n[nH]1)N1CCCC(Cc2cccnc2)C1. The van der Waals surface area contributed by atoms with Crippen molar-refractivity contribution in [2.75, 3.05) is 13.1 Å². The summed E-state index contributed by atoms with van der Waals surface area (Å²) in [6.45, 7) is 1.57. The summed E-state index contributed by atoms with van der Waals surface area (Å²) in [4.78, 5) is 23.1. The van der Waals surface area contributed by atoms with Crippen molar-refractivity contribution >= 4 is 5.91 Å². The second-order valence-corrected chi connectivity index (χ2v) is 6.73. The van der Waals surface area contributed by atoms with Crippen LogP contribution in [0, 0.1) is 5.92 Å². The Labute approximate surface area is 152 Å². The van der Waals surface area contributed by atoms with Crippen LogP contribution in [0.5, 0.6) is 0 Å². The number of H-pyrrole nitrogens is 1. The second kappa shape index (κ2) is 7.47. The summed E-state index contributed by atoms with van der Waals surface area (Å²) in [6, 6.07) is 9.67. The first-order valence-corrected chi connectivity index (χ1v) is 8.93. The molecule has 3 aromatic heterocycles. The average molecular weight is 347 g/mol. The molecule has 1 N–H and O–H groups in total. The molecule has 0 aliphatic carbocycles. The molecule has 6 nitrogen and oxygen atoms in total. The number of amides is 1. The molecule has 3 aromatic rings. The van der Waals surface area contributed by atoms with Gasteiger partial charge in [-0.15, -0.1) is 0 Å². The Morgan fingerprint density at radius 1 is 1.19 bits per heavy atom. The van der Waals surface area contributed by atoms with E-state index < -0.39 is 0 Å². The van der Waals surface area contributed by atoms with Gasteiger partial charge >= 0.3 is 0 Å². The molecule has 1 fully saturated rings. The summed E-state index contributed by atoms with van der Waals surface area (Å²) < 4.78 is 0. The minimum atomic E-state index is 0.0172. The smallest absolute Gasteiger partial charge is 0.271 e.